The highest BCUT2D eigenvalue weighted by Crippen LogP contribution is 2.18. The number of carbonyl (C=O) groups is 3. The van der Waals surface area contributed by atoms with Crippen LogP contribution in [0.1, 0.15) is 33.6 Å². The summed E-state index contributed by atoms with van der Waals surface area (Å²) in [5.41, 5.74) is 2.87. The zero-order valence-electron chi connectivity index (χ0n) is 18.2. The van der Waals surface area contributed by atoms with E-state index in [1.54, 1.807) is 60.7 Å². The van der Waals surface area contributed by atoms with E-state index in [1.807, 2.05) is 23.1 Å². The normalized spacial score (nSPS) is 12.8. The molecule has 1 heterocycles. The van der Waals surface area contributed by atoms with Crippen LogP contribution >= 0.6 is 0 Å². The number of para-hydroxylation sites is 2. The summed E-state index contributed by atoms with van der Waals surface area (Å²) in [4.78, 5) is 39.5. The predicted octanol–water partition coefficient (Wildman–Crippen LogP) is 4.23. The quantitative estimate of drug-likeness (QED) is 0.511. The van der Waals surface area contributed by atoms with Crippen LogP contribution in [0.3, 0.4) is 0 Å². The van der Waals surface area contributed by atoms with Crippen molar-refractivity contribution in [3.63, 3.8) is 0 Å². The van der Waals surface area contributed by atoms with Crippen molar-refractivity contribution in [1.29, 1.82) is 0 Å². The molecule has 0 aromatic heterocycles. The molecule has 3 aromatic carbocycles. The molecule has 3 amide bonds. The summed E-state index contributed by atoms with van der Waals surface area (Å²) in [5, 5.41) is 8.67. The first-order valence-electron chi connectivity index (χ1n) is 11.0. The zero-order chi connectivity index (χ0) is 23.0. The molecule has 7 heteroatoms. The molecule has 33 heavy (non-hydrogen) atoms. The van der Waals surface area contributed by atoms with E-state index < -0.39 is 0 Å². The van der Waals surface area contributed by atoms with Gasteiger partial charge in [0.2, 0.25) is 5.91 Å². The molecule has 0 radical (unpaired) electrons. The SMILES string of the molecule is O=C(CNc1ccc(C(=O)N2CCCC2)cc1)Nc1ccccc1C(=O)Nc1ccccc1. The second kappa shape index (κ2) is 10.5. The number of rotatable bonds is 7. The maximum absolute atomic E-state index is 12.7. The fourth-order valence-electron chi connectivity index (χ4n) is 3.72. The number of hydrogen-bond acceptors (Lipinski definition) is 4. The third kappa shape index (κ3) is 5.77. The van der Waals surface area contributed by atoms with E-state index in [1.165, 1.54) is 0 Å². The van der Waals surface area contributed by atoms with E-state index in [-0.39, 0.29) is 24.3 Å². The first kappa shape index (κ1) is 22.1. The van der Waals surface area contributed by atoms with Crippen molar-refractivity contribution in [3.8, 4) is 0 Å². The van der Waals surface area contributed by atoms with Crippen LogP contribution in [0.4, 0.5) is 17.1 Å². The minimum atomic E-state index is -0.302. The van der Waals surface area contributed by atoms with Gasteiger partial charge in [0.05, 0.1) is 17.8 Å². The predicted molar refractivity (Wildman–Crippen MR) is 130 cm³/mol. The lowest BCUT2D eigenvalue weighted by Crippen LogP contribution is -2.27. The van der Waals surface area contributed by atoms with Crippen LogP contribution < -0.4 is 16.0 Å². The molecule has 1 aliphatic heterocycles. The zero-order valence-corrected chi connectivity index (χ0v) is 18.2. The molecule has 3 N–H and O–H groups in total. The van der Waals surface area contributed by atoms with Crippen molar-refractivity contribution in [2.75, 3.05) is 35.6 Å². The van der Waals surface area contributed by atoms with Crippen LogP contribution in [-0.2, 0) is 4.79 Å². The minimum absolute atomic E-state index is 0.0219. The Bertz CT molecular complexity index is 1120. The van der Waals surface area contributed by atoms with Crippen LogP contribution in [0.25, 0.3) is 0 Å². The molecular formula is C26H26N4O3. The Hall–Kier alpha value is -4.13. The Balaban J connectivity index is 1.33. The van der Waals surface area contributed by atoms with Gasteiger partial charge in [-0.25, -0.2) is 0 Å². The van der Waals surface area contributed by atoms with Crippen LogP contribution in [0.2, 0.25) is 0 Å². The van der Waals surface area contributed by atoms with E-state index in [0.29, 0.717) is 22.5 Å². The number of benzene rings is 3. The molecule has 168 valence electrons. The maximum Gasteiger partial charge on any atom is 0.257 e. The van der Waals surface area contributed by atoms with Gasteiger partial charge in [-0.2, -0.15) is 0 Å². The molecule has 0 bridgehead atoms. The highest BCUT2D eigenvalue weighted by Gasteiger charge is 2.19. The monoisotopic (exact) mass is 442 g/mol. The number of amides is 3. The van der Waals surface area contributed by atoms with E-state index in [0.717, 1.165) is 31.6 Å². The Morgan fingerprint density at radius 1 is 0.727 bits per heavy atom. The molecule has 3 aromatic rings. The van der Waals surface area contributed by atoms with Gasteiger partial charge in [-0.15, -0.1) is 0 Å². The summed E-state index contributed by atoms with van der Waals surface area (Å²) in [6.07, 6.45) is 2.11. The molecular weight excluding hydrogens is 416 g/mol. The summed E-state index contributed by atoms with van der Waals surface area (Å²) < 4.78 is 0. The van der Waals surface area contributed by atoms with Gasteiger partial charge in [-0.3, -0.25) is 14.4 Å². The second-order valence-electron chi connectivity index (χ2n) is 7.84. The van der Waals surface area contributed by atoms with Gasteiger partial charge in [-0.1, -0.05) is 30.3 Å². The average molecular weight is 443 g/mol. The number of likely N-dealkylation sites (tertiary alicyclic amines) is 1. The standard InChI is InChI=1S/C26H26N4O3/c31-24(18-27-20-14-12-19(13-15-20)26(33)30-16-6-7-17-30)29-23-11-5-4-10-22(23)25(32)28-21-8-2-1-3-9-21/h1-5,8-15,27H,6-7,16-18H2,(H,28,32)(H,29,31). The number of nitrogens with zero attached hydrogens (tertiary/aromatic N) is 1. The van der Waals surface area contributed by atoms with E-state index in [4.69, 9.17) is 0 Å². The van der Waals surface area contributed by atoms with Crippen molar-refractivity contribution in [1.82, 2.24) is 4.90 Å². The Morgan fingerprint density at radius 2 is 1.39 bits per heavy atom. The molecule has 1 fully saturated rings. The Kier molecular flexibility index (Phi) is 6.99. The van der Waals surface area contributed by atoms with Crippen LogP contribution in [0, 0.1) is 0 Å². The van der Waals surface area contributed by atoms with Crippen LogP contribution in [0.15, 0.2) is 78.9 Å². The van der Waals surface area contributed by atoms with Crippen molar-refractivity contribution in [2.24, 2.45) is 0 Å². The van der Waals surface area contributed by atoms with Gasteiger partial charge < -0.3 is 20.9 Å². The van der Waals surface area contributed by atoms with Crippen molar-refractivity contribution < 1.29 is 14.4 Å². The van der Waals surface area contributed by atoms with Gasteiger partial charge in [0, 0.05) is 30.0 Å². The van der Waals surface area contributed by atoms with Crippen molar-refractivity contribution in [3.05, 3.63) is 90.0 Å². The van der Waals surface area contributed by atoms with E-state index >= 15 is 0 Å². The van der Waals surface area contributed by atoms with Gasteiger partial charge in [0.25, 0.3) is 11.8 Å². The number of nitrogens with one attached hydrogen (secondary N) is 3. The highest BCUT2D eigenvalue weighted by molar-refractivity contribution is 6.10. The third-order valence-electron chi connectivity index (χ3n) is 5.46. The molecule has 0 atom stereocenters. The number of carbonyl (C=O) groups excluding carboxylic acids is 3. The summed E-state index contributed by atoms with van der Waals surface area (Å²) >= 11 is 0. The van der Waals surface area contributed by atoms with E-state index in [2.05, 4.69) is 16.0 Å². The molecule has 1 aliphatic rings. The molecule has 4 rings (SSSR count). The molecule has 7 nitrogen and oxygen atoms in total. The van der Waals surface area contributed by atoms with E-state index in [9.17, 15) is 14.4 Å². The fourth-order valence-corrected chi connectivity index (χ4v) is 3.72. The first-order chi connectivity index (χ1) is 16.1. The lowest BCUT2D eigenvalue weighted by atomic mass is 10.1. The Morgan fingerprint density at radius 3 is 2.12 bits per heavy atom. The smallest absolute Gasteiger partial charge is 0.257 e. The summed E-state index contributed by atoms with van der Waals surface area (Å²) in [5.74, 6) is -0.544. The van der Waals surface area contributed by atoms with Gasteiger partial charge in [-0.05, 0) is 61.4 Å². The highest BCUT2D eigenvalue weighted by atomic mass is 16.2. The lowest BCUT2D eigenvalue weighted by Gasteiger charge is -2.15. The maximum atomic E-state index is 12.7. The molecule has 0 spiro atoms. The van der Waals surface area contributed by atoms with Crippen LogP contribution in [0.5, 0.6) is 0 Å². The second-order valence-corrected chi connectivity index (χ2v) is 7.84. The minimum Gasteiger partial charge on any atom is -0.376 e. The fraction of sp³-hybridized carbons (Fsp3) is 0.192. The molecule has 0 saturated carbocycles. The van der Waals surface area contributed by atoms with Gasteiger partial charge >= 0.3 is 0 Å². The third-order valence-corrected chi connectivity index (χ3v) is 5.46. The van der Waals surface area contributed by atoms with Gasteiger partial charge in [0.15, 0.2) is 0 Å². The molecule has 1 saturated heterocycles. The summed E-state index contributed by atoms with van der Waals surface area (Å²) in [6, 6.07) is 23.1. The molecule has 0 aliphatic carbocycles. The van der Waals surface area contributed by atoms with Gasteiger partial charge in [0.1, 0.15) is 0 Å². The molecule has 0 unspecified atom stereocenters. The Labute approximate surface area is 192 Å². The number of anilines is 3. The largest absolute Gasteiger partial charge is 0.376 e. The summed E-state index contributed by atoms with van der Waals surface area (Å²) in [7, 11) is 0. The lowest BCUT2D eigenvalue weighted by molar-refractivity contribution is -0.114. The van der Waals surface area contributed by atoms with Crippen LogP contribution in [-0.4, -0.2) is 42.3 Å². The first-order valence-corrected chi connectivity index (χ1v) is 11.0. The number of hydrogen-bond donors (Lipinski definition) is 3. The van der Waals surface area contributed by atoms with Crippen molar-refractivity contribution in [2.45, 2.75) is 12.8 Å². The summed E-state index contributed by atoms with van der Waals surface area (Å²) in [6.45, 7) is 1.64. The topological polar surface area (TPSA) is 90.5 Å². The van der Waals surface area contributed by atoms with Crippen molar-refractivity contribution >= 4 is 34.8 Å². The average Bonchev–Trinajstić information content (AvgIpc) is 3.39.